The molecule has 2 bridgehead atoms. The molecule has 0 spiro atoms. The third-order valence-electron chi connectivity index (χ3n) is 3.68. The highest BCUT2D eigenvalue weighted by Crippen LogP contribution is 2.35. The van der Waals surface area contributed by atoms with E-state index in [4.69, 9.17) is 5.11 Å². The van der Waals surface area contributed by atoms with Crippen molar-refractivity contribution < 1.29 is 10.2 Å². The van der Waals surface area contributed by atoms with Crippen molar-refractivity contribution in [2.45, 2.75) is 56.7 Å². The normalized spacial score (nSPS) is 37.7. The van der Waals surface area contributed by atoms with E-state index in [1.54, 1.807) is 0 Å². The highest BCUT2D eigenvalue weighted by atomic mass is 16.3. The van der Waals surface area contributed by atoms with Crippen LogP contribution in [-0.2, 0) is 0 Å². The maximum absolute atomic E-state index is 9.61. The molecule has 0 aromatic rings. The fourth-order valence-electron chi connectivity index (χ4n) is 3.02. The van der Waals surface area contributed by atoms with Gasteiger partial charge in [-0.2, -0.15) is 0 Å². The summed E-state index contributed by atoms with van der Waals surface area (Å²) in [5.41, 5.74) is 0. The average molecular weight is 199 g/mol. The fourth-order valence-corrected chi connectivity index (χ4v) is 3.02. The number of hydrogen-bond donors (Lipinski definition) is 2. The smallest absolute Gasteiger partial charge is 0.0570 e. The van der Waals surface area contributed by atoms with Gasteiger partial charge >= 0.3 is 0 Å². The SMILES string of the molecule is OCCCCN1[C@@H]2CC[C@H]1CC(O)C2. The predicted octanol–water partition coefficient (Wildman–Crippen LogP) is 0.747. The zero-order valence-corrected chi connectivity index (χ0v) is 8.73. The molecule has 14 heavy (non-hydrogen) atoms. The van der Waals surface area contributed by atoms with Gasteiger partial charge in [0, 0.05) is 18.7 Å². The summed E-state index contributed by atoms with van der Waals surface area (Å²) in [6.07, 6.45) is 6.42. The first-order valence-corrected chi connectivity index (χ1v) is 5.86. The Morgan fingerprint density at radius 1 is 1.07 bits per heavy atom. The van der Waals surface area contributed by atoms with Crippen molar-refractivity contribution in [3.05, 3.63) is 0 Å². The van der Waals surface area contributed by atoms with E-state index in [9.17, 15) is 5.11 Å². The Labute approximate surface area is 85.7 Å². The third-order valence-corrected chi connectivity index (χ3v) is 3.68. The van der Waals surface area contributed by atoms with Gasteiger partial charge in [0.05, 0.1) is 6.10 Å². The number of nitrogens with zero attached hydrogens (tertiary/aromatic N) is 1. The highest BCUT2D eigenvalue weighted by molar-refractivity contribution is 4.94. The first kappa shape index (κ1) is 10.4. The highest BCUT2D eigenvalue weighted by Gasteiger charge is 2.39. The predicted molar refractivity (Wildman–Crippen MR) is 55.1 cm³/mol. The molecule has 3 nitrogen and oxygen atoms in total. The minimum absolute atomic E-state index is 0.0541. The largest absolute Gasteiger partial charge is 0.396 e. The van der Waals surface area contributed by atoms with E-state index in [-0.39, 0.29) is 6.10 Å². The second kappa shape index (κ2) is 4.60. The van der Waals surface area contributed by atoms with Crippen molar-refractivity contribution in [1.82, 2.24) is 4.90 Å². The van der Waals surface area contributed by atoms with E-state index in [1.807, 2.05) is 0 Å². The topological polar surface area (TPSA) is 43.7 Å². The lowest BCUT2D eigenvalue weighted by molar-refractivity contribution is 0.0340. The van der Waals surface area contributed by atoms with Gasteiger partial charge in [-0.25, -0.2) is 0 Å². The summed E-state index contributed by atoms with van der Waals surface area (Å²) in [4.78, 5) is 2.56. The van der Waals surface area contributed by atoms with Crippen LogP contribution >= 0.6 is 0 Å². The van der Waals surface area contributed by atoms with Gasteiger partial charge in [-0.15, -0.1) is 0 Å². The van der Waals surface area contributed by atoms with Crippen molar-refractivity contribution in [2.75, 3.05) is 13.2 Å². The Morgan fingerprint density at radius 2 is 1.71 bits per heavy atom. The van der Waals surface area contributed by atoms with Crippen LogP contribution in [0.15, 0.2) is 0 Å². The van der Waals surface area contributed by atoms with Gasteiger partial charge in [0.2, 0.25) is 0 Å². The Balaban J connectivity index is 1.82. The molecule has 0 aromatic heterocycles. The summed E-state index contributed by atoms with van der Waals surface area (Å²) < 4.78 is 0. The minimum Gasteiger partial charge on any atom is -0.396 e. The number of unbranched alkanes of at least 4 members (excludes halogenated alkanes) is 1. The lowest BCUT2D eigenvalue weighted by atomic mass is 9.99. The van der Waals surface area contributed by atoms with Crippen molar-refractivity contribution >= 4 is 0 Å². The van der Waals surface area contributed by atoms with Crippen LogP contribution in [0.3, 0.4) is 0 Å². The molecule has 2 rings (SSSR count). The zero-order valence-electron chi connectivity index (χ0n) is 8.73. The zero-order chi connectivity index (χ0) is 9.97. The summed E-state index contributed by atoms with van der Waals surface area (Å²) in [5, 5.41) is 18.3. The fraction of sp³-hybridized carbons (Fsp3) is 1.00. The molecule has 0 radical (unpaired) electrons. The Bertz CT molecular complexity index is 172. The molecule has 2 N–H and O–H groups in total. The van der Waals surface area contributed by atoms with Gasteiger partial charge in [0.25, 0.3) is 0 Å². The van der Waals surface area contributed by atoms with Crippen molar-refractivity contribution in [3.8, 4) is 0 Å². The van der Waals surface area contributed by atoms with E-state index in [0.717, 1.165) is 32.2 Å². The molecule has 3 atom stereocenters. The number of aliphatic hydroxyl groups excluding tert-OH is 2. The molecule has 2 fully saturated rings. The van der Waals surface area contributed by atoms with Gasteiger partial charge in [-0.1, -0.05) is 0 Å². The number of fused-ring (bicyclic) bond motifs is 2. The third kappa shape index (κ3) is 2.10. The van der Waals surface area contributed by atoms with Gasteiger partial charge in [-0.05, 0) is 45.1 Å². The summed E-state index contributed by atoms with van der Waals surface area (Å²) in [5.74, 6) is 0. The molecule has 2 aliphatic rings. The first-order chi connectivity index (χ1) is 6.81. The summed E-state index contributed by atoms with van der Waals surface area (Å²) in [7, 11) is 0. The van der Waals surface area contributed by atoms with E-state index in [0.29, 0.717) is 18.7 Å². The Hall–Kier alpha value is -0.120. The standard InChI is InChI=1S/C11H21NO2/c13-6-2-1-5-12-9-3-4-10(12)8-11(14)7-9/h9-11,13-14H,1-8H2/t9-,10+,11?. The second-order valence-electron chi connectivity index (χ2n) is 4.68. The maximum atomic E-state index is 9.61. The molecular weight excluding hydrogens is 178 g/mol. The Morgan fingerprint density at radius 3 is 2.29 bits per heavy atom. The van der Waals surface area contributed by atoms with E-state index in [1.165, 1.54) is 12.8 Å². The van der Waals surface area contributed by atoms with E-state index in [2.05, 4.69) is 4.90 Å². The summed E-state index contributed by atoms with van der Waals surface area (Å²) in [6.45, 7) is 1.43. The average Bonchev–Trinajstić information content (AvgIpc) is 2.42. The van der Waals surface area contributed by atoms with Crippen molar-refractivity contribution in [2.24, 2.45) is 0 Å². The van der Waals surface area contributed by atoms with Gasteiger partial charge < -0.3 is 10.2 Å². The second-order valence-corrected chi connectivity index (χ2v) is 4.68. The molecule has 2 saturated heterocycles. The number of piperidine rings is 1. The molecular formula is C11H21NO2. The van der Waals surface area contributed by atoms with Gasteiger partial charge in [0.15, 0.2) is 0 Å². The van der Waals surface area contributed by atoms with Crippen LogP contribution in [0.2, 0.25) is 0 Å². The van der Waals surface area contributed by atoms with Crippen LogP contribution in [-0.4, -0.2) is 46.5 Å². The van der Waals surface area contributed by atoms with Crippen LogP contribution < -0.4 is 0 Å². The lowest BCUT2D eigenvalue weighted by Crippen LogP contribution is -2.45. The van der Waals surface area contributed by atoms with Crippen molar-refractivity contribution in [1.29, 1.82) is 0 Å². The summed E-state index contributed by atoms with van der Waals surface area (Å²) in [6, 6.07) is 1.25. The number of aliphatic hydroxyl groups is 2. The number of hydrogen-bond acceptors (Lipinski definition) is 3. The van der Waals surface area contributed by atoms with Gasteiger partial charge in [-0.3, -0.25) is 4.90 Å². The Kier molecular flexibility index (Phi) is 3.42. The molecule has 3 heteroatoms. The van der Waals surface area contributed by atoms with Crippen LogP contribution in [0.25, 0.3) is 0 Å². The van der Waals surface area contributed by atoms with E-state index < -0.39 is 0 Å². The van der Waals surface area contributed by atoms with Crippen molar-refractivity contribution in [3.63, 3.8) is 0 Å². The lowest BCUT2D eigenvalue weighted by Gasteiger charge is -2.37. The van der Waals surface area contributed by atoms with E-state index >= 15 is 0 Å². The van der Waals surface area contributed by atoms with Crippen LogP contribution in [0.1, 0.15) is 38.5 Å². The first-order valence-electron chi connectivity index (χ1n) is 5.86. The molecule has 2 aliphatic heterocycles. The van der Waals surface area contributed by atoms with Gasteiger partial charge in [0.1, 0.15) is 0 Å². The maximum Gasteiger partial charge on any atom is 0.0570 e. The molecule has 1 unspecified atom stereocenters. The molecule has 0 amide bonds. The van der Waals surface area contributed by atoms with Crippen LogP contribution in [0.5, 0.6) is 0 Å². The van der Waals surface area contributed by atoms with Crippen LogP contribution in [0, 0.1) is 0 Å². The summed E-state index contributed by atoms with van der Waals surface area (Å²) >= 11 is 0. The molecule has 0 aliphatic carbocycles. The molecule has 2 heterocycles. The molecule has 82 valence electrons. The molecule has 0 saturated carbocycles. The monoisotopic (exact) mass is 199 g/mol. The number of rotatable bonds is 4. The minimum atomic E-state index is -0.0541. The quantitative estimate of drug-likeness (QED) is 0.657. The van der Waals surface area contributed by atoms with Crippen LogP contribution in [0.4, 0.5) is 0 Å². The molecule has 0 aromatic carbocycles.